The van der Waals surface area contributed by atoms with Gasteiger partial charge in [-0.05, 0) is 24.3 Å². The van der Waals surface area contributed by atoms with Crippen LogP contribution in [-0.4, -0.2) is 29.4 Å². The van der Waals surface area contributed by atoms with E-state index >= 15 is 0 Å². The van der Waals surface area contributed by atoms with Crippen molar-refractivity contribution in [3.63, 3.8) is 0 Å². The summed E-state index contributed by atoms with van der Waals surface area (Å²) in [5.41, 5.74) is 0.148. The van der Waals surface area contributed by atoms with Gasteiger partial charge in [0.15, 0.2) is 5.75 Å². The molecule has 0 saturated carbocycles. The van der Waals surface area contributed by atoms with Crippen LogP contribution in [0.25, 0.3) is 0 Å². The highest BCUT2D eigenvalue weighted by Gasteiger charge is 2.14. The van der Waals surface area contributed by atoms with Crippen LogP contribution in [-0.2, 0) is 4.79 Å². The number of hydrogen-bond donors (Lipinski definition) is 1. The van der Waals surface area contributed by atoms with E-state index in [0.717, 1.165) is 0 Å². The molecule has 24 heavy (non-hydrogen) atoms. The average molecular weight is 368 g/mol. The van der Waals surface area contributed by atoms with Crippen molar-refractivity contribution in [2.45, 2.75) is 13.3 Å². The predicted octanol–water partition coefficient (Wildman–Crippen LogP) is 4.21. The summed E-state index contributed by atoms with van der Waals surface area (Å²) in [7, 11) is 1.53. The molecule has 0 aliphatic carbocycles. The summed E-state index contributed by atoms with van der Waals surface area (Å²) >= 11 is 11.8. The molecule has 0 unspecified atom stereocenters. The van der Waals surface area contributed by atoms with Gasteiger partial charge in [0, 0.05) is 11.4 Å². The zero-order chi connectivity index (χ0) is 17.7. The molecule has 2 rings (SSSR count). The number of pyridine rings is 1. The number of nitrogens with zero attached hydrogens (tertiary/aromatic N) is 3. The first-order chi connectivity index (χ1) is 11.5. The summed E-state index contributed by atoms with van der Waals surface area (Å²) in [6.45, 7) is 1.72. The molecule has 1 N–H and O–H groups in total. The number of phenolic OH excluding ortho intramolecular Hbond substituents is 1. The zero-order valence-electron chi connectivity index (χ0n) is 13.0. The molecule has 0 spiro atoms. The van der Waals surface area contributed by atoms with E-state index in [0.29, 0.717) is 16.6 Å². The van der Waals surface area contributed by atoms with E-state index < -0.39 is 0 Å². The Morgan fingerprint density at radius 3 is 2.75 bits per heavy atom. The summed E-state index contributed by atoms with van der Waals surface area (Å²) in [5.74, 6) is 0.505. The fourth-order valence-corrected chi connectivity index (χ4v) is 2.31. The Morgan fingerprint density at radius 2 is 2.17 bits per heavy atom. The van der Waals surface area contributed by atoms with Gasteiger partial charge < -0.3 is 9.84 Å². The molecule has 1 aromatic carbocycles. The Bertz CT molecular complexity index is 764. The monoisotopic (exact) mass is 367 g/mol. The molecule has 126 valence electrons. The van der Waals surface area contributed by atoms with Crippen molar-refractivity contribution in [2.24, 2.45) is 4.99 Å². The number of aliphatic imine (C=N–C) groups is 1. The highest BCUT2D eigenvalue weighted by atomic mass is 35.5. The number of aromatic nitrogens is 1. The zero-order valence-corrected chi connectivity index (χ0v) is 14.5. The molecule has 1 aromatic heterocycles. The largest absolute Gasteiger partial charge is 0.504 e. The number of aromatic hydroxyl groups is 1. The third-order valence-corrected chi connectivity index (χ3v) is 3.60. The van der Waals surface area contributed by atoms with Crippen LogP contribution in [0.5, 0.6) is 11.5 Å². The second kappa shape index (κ2) is 7.99. The maximum atomic E-state index is 12.2. The molecule has 0 saturated heterocycles. The van der Waals surface area contributed by atoms with Crippen molar-refractivity contribution in [3.05, 3.63) is 40.5 Å². The van der Waals surface area contributed by atoms with Crippen LogP contribution in [0.15, 0.2) is 35.5 Å². The summed E-state index contributed by atoms with van der Waals surface area (Å²) in [5, 5.41) is 10.3. The average Bonchev–Trinajstić information content (AvgIpc) is 2.59. The number of amides is 1. The highest BCUT2D eigenvalue weighted by Crippen LogP contribution is 2.36. The minimum atomic E-state index is -0.219. The van der Waals surface area contributed by atoms with E-state index in [2.05, 4.69) is 9.98 Å². The molecule has 0 atom stereocenters. The Labute approximate surface area is 149 Å². The first-order valence-electron chi connectivity index (χ1n) is 7.00. The number of anilines is 1. The van der Waals surface area contributed by atoms with Gasteiger partial charge in [-0.2, -0.15) is 0 Å². The van der Waals surface area contributed by atoms with Crippen molar-refractivity contribution in [1.82, 2.24) is 4.98 Å². The smallest absolute Gasteiger partial charge is 0.233 e. The summed E-state index contributed by atoms with van der Waals surface area (Å²) in [6.07, 6.45) is 3.01. The van der Waals surface area contributed by atoms with Crippen molar-refractivity contribution < 1.29 is 14.6 Å². The van der Waals surface area contributed by atoms with Crippen LogP contribution in [0, 0.1) is 0 Å². The van der Waals surface area contributed by atoms with Gasteiger partial charge in [-0.25, -0.2) is 9.98 Å². The number of halogens is 2. The molecule has 1 heterocycles. The second-order valence-corrected chi connectivity index (χ2v) is 5.52. The van der Waals surface area contributed by atoms with Crippen molar-refractivity contribution in [3.8, 4) is 11.5 Å². The Balaban J connectivity index is 2.37. The SMILES string of the molecule is CCC(=O)N(C=Nc1cc(Cl)cc(Cl)c1O)c1ccc(OC)cn1. The fourth-order valence-electron chi connectivity index (χ4n) is 1.83. The number of hydrogen-bond acceptors (Lipinski definition) is 5. The van der Waals surface area contributed by atoms with Crippen LogP contribution in [0.3, 0.4) is 0 Å². The van der Waals surface area contributed by atoms with Gasteiger partial charge in [0.25, 0.3) is 0 Å². The standard InChI is InChI=1S/C16H15Cl2N3O3/c1-3-15(22)21(14-5-4-11(24-2)8-19-14)9-20-13-7-10(17)6-12(18)16(13)23/h4-9,23H,3H2,1-2H3. The van der Waals surface area contributed by atoms with Crippen molar-refractivity contribution in [2.75, 3.05) is 12.0 Å². The Kier molecular flexibility index (Phi) is 6.00. The van der Waals surface area contributed by atoms with Crippen LogP contribution < -0.4 is 9.64 Å². The van der Waals surface area contributed by atoms with Gasteiger partial charge >= 0.3 is 0 Å². The molecule has 0 aliphatic heterocycles. The topological polar surface area (TPSA) is 75.0 Å². The van der Waals surface area contributed by atoms with E-state index in [-0.39, 0.29) is 28.8 Å². The lowest BCUT2D eigenvalue weighted by molar-refractivity contribution is -0.117. The van der Waals surface area contributed by atoms with Crippen LogP contribution in [0.2, 0.25) is 10.0 Å². The molecule has 0 fully saturated rings. The van der Waals surface area contributed by atoms with Crippen molar-refractivity contribution in [1.29, 1.82) is 0 Å². The third kappa shape index (κ3) is 4.15. The summed E-state index contributed by atoms with van der Waals surface area (Å²) in [4.78, 5) is 21.7. The van der Waals surface area contributed by atoms with Gasteiger partial charge in [0.1, 0.15) is 23.6 Å². The van der Waals surface area contributed by atoms with E-state index in [1.165, 1.54) is 36.7 Å². The van der Waals surface area contributed by atoms with Crippen LogP contribution in [0.4, 0.5) is 11.5 Å². The first-order valence-corrected chi connectivity index (χ1v) is 7.76. The van der Waals surface area contributed by atoms with Gasteiger partial charge in [-0.1, -0.05) is 30.1 Å². The van der Waals surface area contributed by atoms with Gasteiger partial charge in [0.2, 0.25) is 5.91 Å². The van der Waals surface area contributed by atoms with Crippen molar-refractivity contribution >= 4 is 47.0 Å². The maximum absolute atomic E-state index is 12.2. The molecule has 2 aromatic rings. The van der Waals surface area contributed by atoms with E-state index in [4.69, 9.17) is 27.9 Å². The molecular formula is C16H15Cl2N3O3. The molecular weight excluding hydrogens is 353 g/mol. The highest BCUT2D eigenvalue weighted by molar-refractivity contribution is 6.36. The molecule has 1 amide bonds. The van der Waals surface area contributed by atoms with Gasteiger partial charge in [0.05, 0.1) is 18.3 Å². The van der Waals surface area contributed by atoms with Gasteiger partial charge in [-0.15, -0.1) is 0 Å². The minimum absolute atomic E-state index is 0.0746. The van der Waals surface area contributed by atoms with Crippen LogP contribution in [0.1, 0.15) is 13.3 Å². The first kappa shape index (κ1) is 18.0. The molecule has 8 heteroatoms. The number of rotatable bonds is 5. The number of phenols is 1. The third-order valence-electron chi connectivity index (χ3n) is 3.09. The summed E-state index contributed by atoms with van der Waals surface area (Å²) in [6, 6.07) is 6.15. The van der Waals surface area contributed by atoms with Gasteiger partial charge in [-0.3, -0.25) is 9.69 Å². The lowest BCUT2D eigenvalue weighted by atomic mass is 10.3. The minimum Gasteiger partial charge on any atom is -0.504 e. The number of carbonyl (C=O) groups is 1. The fraction of sp³-hybridized carbons (Fsp3) is 0.188. The quantitative estimate of drug-likeness (QED) is 0.634. The number of ether oxygens (including phenoxy) is 1. The van der Waals surface area contributed by atoms with E-state index in [1.807, 2.05) is 0 Å². The number of carbonyl (C=O) groups excluding carboxylic acids is 1. The Morgan fingerprint density at radius 1 is 1.42 bits per heavy atom. The van der Waals surface area contributed by atoms with E-state index in [1.54, 1.807) is 19.1 Å². The normalized spacial score (nSPS) is 10.8. The predicted molar refractivity (Wildman–Crippen MR) is 94.8 cm³/mol. The Hall–Kier alpha value is -2.31. The lowest BCUT2D eigenvalue weighted by Gasteiger charge is -2.16. The summed E-state index contributed by atoms with van der Waals surface area (Å²) < 4.78 is 5.05. The second-order valence-electron chi connectivity index (χ2n) is 4.67. The molecule has 0 aliphatic rings. The molecule has 0 radical (unpaired) electrons. The number of methoxy groups -OCH3 is 1. The lowest BCUT2D eigenvalue weighted by Crippen LogP contribution is -2.29. The number of benzene rings is 1. The van der Waals surface area contributed by atoms with E-state index in [9.17, 15) is 9.90 Å². The molecule has 6 nitrogen and oxygen atoms in total. The van der Waals surface area contributed by atoms with Crippen LogP contribution >= 0.6 is 23.2 Å². The molecule has 0 bridgehead atoms. The maximum Gasteiger partial charge on any atom is 0.233 e.